The monoisotopic (exact) mass is 1160 g/mol. The number of hydrogen-bond donors (Lipinski definition) is 7. The third-order valence-corrected chi connectivity index (χ3v) is 15.4. The second-order valence-electron chi connectivity index (χ2n) is 22.1. The molecule has 1 fully saturated rings. The first-order chi connectivity index (χ1) is 38.2. The Labute approximate surface area is 493 Å². The maximum absolute atomic E-state index is 14.1. The SMILES string of the molecule is CC.CC(C)C(C=O)N(C)C.CCC(C)CCCCC(=O)NC(C(=O)NCC(=O)Nc1ccc(SNC(=O)C(C)C(OC)C2CCCN2C(=O)CC(OC)C(C(C)CC)N(C)C(=O)C(NC)C(C)C)cc1)C(C)C.CCCNC(N)=O. The van der Waals surface area contributed by atoms with Crippen molar-refractivity contribution in [3.05, 3.63) is 24.3 Å². The van der Waals surface area contributed by atoms with Crippen molar-refractivity contribution in [1.82, 2.24) is 40.7 Å². The van der Waals surface area contributed by atoms with Crippen LogP contribution < -0.4 is 37.0 Å². The van der Waals surface area contributed by atoms with E-state index in [-0.39, 0.29) is 78.5 Å². The van der Waals surface area contributed by atoms with Gasteiger partial charge >= 0.3 is 6.03 Å². The molecule has 10 unspecified atom stereocenters. The molecule has 1 heterocycles. The number of primary amides is 1. The smallest absolute Gasteiger partial charge is 0.312 e. The fraction of sp³-hybridized carbons (Fsp3) is 0.767. The van der Waals surface area contributed by atoms with Crippen molar-refractivity contribution in [3.8, 4) is 0 Å². The largest absolute Gasteiger partial charge is 0.379 e. The Morgan fingerprint density at radius 1 is 0.802 bits per heavy atom. The Hall–Kier alpha value is -4.83. The third-order valence-electron chi connectivity index (χ3n) is 14.6. The Morgan fingerprint density at radius 3 is 1.85 bits per heavy atom. The van der Waals surface area contributed by atoms with E-state index in [1.54, 1.807) is 64.4 Å². The summed E-state index contributed by atoms with van der Waals surface area (Å²) in [6, 6.07) is 4.79. The van der Waals surface area contributed by atoms with Crippen LogP contribution >= 0.6 is 11.9 Å². The summed E-state index contributed by atoms with van der Waals surface area (Å²) in [5.74, 6) is -0.967. The molecule has 0 radical (unpaired) electrons. The van der Waals surface area contributed by atoms with E-state index in [4.69, 9.17) is 15.2 Å². The molecule has 8 N–H and O–H groups in total. The molecule has 0 aromatic heterocycles. The van der Waals surface area contributed by atoms with Crippen LogP contribution in [-0.2, 0) is 43.0 Å². The van der Waals surface area contributed by atoms with Gasteiger partial charge in [0.25, 0.3) is 0 Å². The number of hydrogen-bond acceptors (Lipinski definition) is 13. The number of likely N-dealkylation sites (tertiary alicyclic amines) is 1. The molecule has 1 aliphatic rings. The zero-order chi connectivity index (χ0) is 62.5. The van der Waals surface area contributed by atoms with Crippen LogP contribution in [-0.4, -0.2) is 167 Å². The molecule has 10 atom stereocenters. The van der Waals surface area contributed by atoms with Crippen LogP contribution in [0.4, 0.5) is 10.5 Å². The minimum atomic E-state index is -0.748. The highest BCUT2D eigenvalue weighted by Gasteiger charge is 2.42. The van der Waals surface area contributed by atoms with Crippen molar-refractivity contribution in [2.24, 2.45) is 41.2 Å². The van der Waals surface area contributed by atoms with Crippen molar-refractivity contribution in [2.45, 2.75) is 208 Å². The summed E-state index contributed by atoms with van der Waals surface area (Å²) in [7, 11) is 10.6. The Morgan fingerprint density at radius 2 is 1.41 bits per heavy atom. The highest BCUT2D eigenvalue weighted by Crippen LogP contribution is 2.30. The van der Waals surface area contributed by atoms with Crippen LogP contribution in [0.3, 0.4) is 0 Å². The zero-order valence-corrected chi connectivity index (χ0v) is 54.3. The summed E-state index contributed by atoms with van der Waals surface area (Å²) in [6.07, 6.45) is 7.44. The number of nitrogens with zero attached hydrogens (tertiary/aromatic N) is 3. The average Bonchev–Trinajstić information content (AvgIpc) is 3.92. The van der Waals surface area contributed by atoms with Crippen LogP contribution in [0.2, 0.25) is 0 Å². The molecule has 0 saturated carbocycles. The maximum Gasteiger partial charge on any atom is 0.312 e. The van der Waals surface area contributed by atoms with Gasteiger partial charge in [0.2, 0.25) is 35.4 Å². The summed E-state index contributed by atoms with van der Waals surface area (Å²) >= 11 is 1.13. The van der Waals surface area contributed by atoms with Gasteiger partial charge in [0.15, 0.2) is 0 Å². The van der Waals surface area contributed by atoms with Crippen molar-refractivity contribution in [1.29, 1.82) is 0 Å². The van der Waals surface area contributed by atoms with Crippen molar-refractivity contribution >= 4 is 65.4 Å². The van der Waals surface area contributed by atoms with E-state index in [0.717, 1.165) is 68.1 Å². The number of aldehydes is 1. The first kappa shape index (κ1) is 78.2. The number of carbonyl (C=O) groups excluding carboxylic acids is 8. The lowest BCUT2D eigenvalue weighted by Crippen LogP contribution is -2.56. The summed E-state index contributed by atoms with van der Waals surface area (Å²) in [4.78, 5) is 106. The molecular formula is C60H112N10O10S. The van der Waals surface area contributed by atoms with Crippen LogP contribution in [0.15, 0.2) is 29.2 Å². The maximum atomic E-state index is 14.1. The van der Waals surface area contributed by atoms with Gasteiger partial charge in [0.05, 0.1) is 55.3 Å². The lowest BCUT2D eigenvalue weighted by atomic mass is 9.89. The van der Waals surface area contributed by atoms with Gasteiger partial charge in [-0.25, -0.2) is 4.79 Å². The zero-order valence-electron chi connectivity index (χ0n) is 53.5. The van der Waals surface area contributed by atoms with Gasteiger partial charge < -0.3 is 56.4 Å². The van der Waals surface area contributed by atoms with E-state index in [1.165, 1.54) is 0 Å². The highest BCUT2D eigenvalue weighted by molar-refractivity contribution is 7.98. The number of unbranched alkanes of at least 4 members (excludes halogenated alkanes) is 1. The quantitative estimate of drug-likeness (QED) is 0.0203. The molecule has 1 aromatic carbocycles. The highest BCUT2D eigenvalue weighted by atomic mass is 32.2. The number of benzene rings is 1. The number of carbonyl (C=O) groups is 8. The first-order valence-corrected chi connectivity index (χ1v) is 30.4. The molecule has 1 aliphatic heterocycles. The number of methoxy groups -OCH3 is 2. The van der Waals surface area contributed by atoms with E-state index in [0.29, 0.717) is 43.5 Å². The fourth-order valence-corrected chi connectivity index (χ4v) is 10.1. The van der Waals surface area contributed by atoms with Crippen LogP contribution in [0.5, 0.6) is 0 Å². The van der Waals surface area contributed by atoms with Gasteiger partial charge in [-0.15, -0.1) is 0 Å². The van der Waals surface area contributed by atoms with Gasteiger partial charge in [0, 0.05) is 51.4 Å². The molecular weight excluding hydrogens is 1050 g/mol. The molecule has 8 amide bonds. The van der Waals surface area contributed by atoms with E-state index in [2.05, 4.69) is 59.0 Å². The number of likely N-dealkylation sites (N-methyl/N-ethyl adjacent to an activating group) is 3. The molecule has 81 heavy (non-hydrogen) atoms. The lowest BCUT2D eigenvalue weighted by Gasteiger charge is -2.40. The number of amides is 8. The second kappa shape index (κ2) is 43.8. The number of urea groups is 1. The molecule has 0 spiro atoms. The Kier molecular flexibility index (Phi) is 42.3. The number of nitrogens with two attached hydrogens (primary N) is 1. The van der Waals surface area contributed by atoms with Crippen molar-refractivity contribution in [2.75, 3.05) is 67.4 Å². The summed E-state index contributed by atoms with van der Waals surface area (Å²) in [6.45, 7) is 29.0. The summed E-state index contributed by atoms with van der Waals surface area (Å²) < 4.78 is 14.8. The number of anilines is 1. The normalized spacial score (nSPS) is 16.2. The van der Waals surface area contributed by atoms with Gasteiger partial charge in [-0.05, 0) is 113 Å². The lowest BCUT2D eigenvalue weighted by molar-refractivity contribution is -0.146. The molecule has 1 saturated heterocycles. The van der Waals surface area contributed by atoms with E-state index >= 15 is 0 Å². The third kappa shape index (κ3) is 29.8. The predicted molar refractivity (Wildman–Crippen MR) is 328 cm³/mol. The molecule has 2 rings (SSSR count). The van der Waals surface area contributed by atoms with Gasteiger partial charge in [0.1, 0.15) is 12.3 Å². The van der Waals surface area contributed by atoms with E-state index in [9.17, 15) is 38.4 Å². The first-order valence-electron chi connectivity index (χ1n) is 29.6. The fourth-order valence-electron chi connectivity index (χ4n) is 9.44. The van der Waals surface area contributed by atoms with Gasteiger partial charge in [-0.1, -0.05) is 123 Å². The minimum Gasteiger partial charge on any atom is -0.379 e. The average molecular weight is 1170 g/mol. The predicted octanol–water partition coefficient (Wildman–Crippen LogP) is 7.64. The molecule has 0 bridgehead atoms. The summed E-state index contributed by atoms with van der Waals surface area (Å²) in [5.41, 5.74) is 5.24. The van der Waals surface area contributed by atoms with Crippen LogP contribution in [0.1, 0.15) is 161 Å². The topological polar surface area (TPSA) is 263 Å². The molecule has 21 heteroatoms. The molecule has 1 aromatic rings. The Balaban J connectivity index is 0. The van der Waals surface area contributed by atoms with Crippen molar-refractivity contribution in [3.63, 3.8) is 0 Å². The number of ether oxygens (including phenoxy) is 2. The van der Waals surface area contributed by atoms with Gasteiger partial charge in [-0.2, -0.15) is 0 Å². The minimum absolute atomic E-state index is 0.0403. The Bertz CT molecular complexity index is 1950. The molecule has 468 valence electrons. The van der Waals surface area contributed by atoms with Crippen LogP contribution in [0, 0.1) is 35.5 Å². The number of nitrogens with one attached hydrogen (secondary N) is 6. The molecule has 0 aliphatic carbocycles. The van der Waals surface area contributed by atoms with E-state index in [1.807, 2.05) is 86.2 Å². The summed E-state index contributed by atoms with van der Waals surface area (Å²) in [5, 5.41) is 13.8. The van der Waals surface area contributed by atoms with Crippen LogP contribution in [0.25, 0.3) is 0 Å². The molecule has 20 nitrogen and oxygen atoms in total. The standard InChI is InChI=1S/C47H81N7O8S.C7H15NO.C4H10N2O.C2H6/c1-14-31(7)19-16-17-21-38(55)51-41(29(3)4)46(59)49-28-39(56)50-34-22-24-35(25-23-34)63-52-45(58)33(9)44(62-13)36-20-18-26-54(36)40(57)27-37(61-12)43(32(8)15-2)53(11)47(60)42(48-10)30(5)6;1-6(2)7(5-9)8(3)4;1-2-3-6-4(5)7;1-2/h22-25,29-33,36-37,41-44,48H,14-21,26-28H2,1-13H3,(H,49,59)(H,50,56)(H,51,55)(H,52,58);5-7H,1-4H3;2-3H2,1H3,(H3,5,6,7);1-2H3. The number of rotatable bonds is 33. The second-order valence-corrected chi connectivity index (χ2v) is 23.0. The van der Waals surface area contributed by atoms with Gasteiger partial charge in [-0.3, -0.25) is 38.4 Å². The van der Waals surface area contributed by atoms with E-state index < -0.39 is 42.0 Å². The van der Waals surface area contributed by atoms with Crippen molar-refractivity contribution < 1.29 is 47.8 Å².